The summed E-state index contributed by atoms with van der Waals surface area (Å²) in [5.41, 5.74) is 1.97. The summed E-state index contributed by atoms with van der Waals surface area (Å²) in [6.07, 6.45) is 4.93. The molecule has 1 atom stereocenters. The largest absolute Gasteiger partial charge is 0.351 e. The van der Waals surface area contributed by atoms with Crippen LogP contribution in [0.5, 0.6) is 0 Å². The molecule has 0 saturated carbocycles. The van der Waals surface area contributed by atoms with Crippen molar-refractivity contribution in [2.75, 3.05) is 24.5 Å². The number of rotatable bonds is 5. The number of hydrogen-bond donors (Lipinski definition) is 0. The van der Waals surface area contributed by atoms with Crippen molar-refractivity contribution in [3.05, 3.63) is 65.8 Å². The molecule has 0 aliphatic carbocycles. The fourth-order valence-electron chi connectivity index (χ4n) is 4.57. The molecule has 8 heteroatoms. The lowest BCUT2D eigenvalue weighted by Gasteiger charge is -2.24. The van der Waals surface area contributed by atoms with Crippen LogP contribution in [0.3, 0.4) is 0 Å². The lowest BCUT2D eigenvalue weighted by molar-refractivity contribution is -0.122. The van der Waals surface area contributed by atoms with Gasteiger partial charge >= 0.3 is 0 Å². The summed E-state index contributed by atoms with van der Waals surface area (Å²) in [4.78, 5) is 30.1. The Kier molecular flexibility index (Phi) is 4.42. The van der Waals surface area contributed by atoms with Gasteiger partial charge in [-0.05, 0) is 30.5 Å². The molecule has 2 aliphatic heterocycles. The molecule has 1 aromatic carbocycles. The number of anilines is 1. The summed E-state index contributed by atoms with van der Waals surface area (Å²) in [6.45, 7) is 3.97. The molecule has 154 valence electrons. The van der Waals surface area contributed by atoms with E-state index in [1.54, 1.807) is 17.2 Å². The van der Waals surface area contributed by atoms with Gasteiger partial charge in [0, 0.05) is 43.8 Å². The van der Waals surface area contributed by atoms with Gasteiger partial charge in [0.05, 0.1) is 17.7 Å². The number of likely N-dealkylation sites (tertiary alicyclic amines) is 1. The zero-order chi connectivity index (χ0) is 20.7. The summed E-state index contributed by atoms with van der Waals surface area (Å²) >= 11 is 0. The highest BCUT2D eigenvalue weighted by Crippen LogP contribution is 2.47. The minimum Gasteiger partial charge on any atom is -0.351 e. The highest BCUT2D eigenvalue weighted by molar-refractivity contribution is 6.09. The number of benzene rings is 1. The molecule has 0 N–H and O–H groups in total. The quantitative estimate of drug-likeness (QED) is 0.650. The van der Waals surface area contributed by atoms with Crippen molar-refractivity contribution < 1.29 is 14.1 Å². The first-order valence-electron chi connectivity index (χ1n) is 10.3. The number of carbonyl (C=O) groups is 2. The summed E-state index contributed by atoms with van der Waals surface area (Å²) in [5.74, 6) is 0.0792. The Hall–Kier alpha value is -3.42. The molecule has 4 heterocycles. The Morgan fingerprint density at radius 1 is 1.23 bits per heavy atom. The van der Waals surface area contributed by atoms with Gasteiger partial charge in [-0.25, -0.2) is 0 Å². The normalized spacial score (nSPS) is 20.4. The van der Waals surface area contributed by atoms with Crippen LogP contribution in [-0.2, 0) is 23.2 Å². The summed E-state index contributed by atoms with van der Waals surface area (Å²) in [7, 11) is 0. The Morgan fingerprint density at radius 3 is 2.87 bits per heavy atom. The molecule has 2 aliphatic rings. The molecular weight excluding hydrogens is 382 g/mol. The molecule has 0 radical (unpaired) electrons. The molecule has 1 saturated heterocycles. The van der Waals surface area contributed by atoms with E-state index in [2.05, 4.69) is 10.3 Å². The molecule has 8 nitrogen and oxygen atoms in total. The van der Waals surface area contributed by atoms with E-state index in [-0.39, 0.29) is 17.6 Å². The molecule has 30 heavy (non-hydrogen) atoms. The smallest absolute Gasteiger partial charge is 0.292 e. The van der Waals surface area contributed by atoms with Gasteiger partial charge in [0.25, 0.3) is 5.91 Å². The van der Waals surface area contributed by atoms with Gasteiger partial charge in [-0.3, -0.25) is 14.3 Å². The fraction of sp³-hybridized carbons (Fsp3) is 0.364. The van der Waals surface area contributed by atoms with E-state index in [4.69, 9.17) is 4.52 Å². The van der Waals surface area contributed by atoms with Crippen LogP contribution in [0, 0.1) is 0 Å². The van der Waals surface area contributed by atoms with E-state index in [1.165, 1.54) is 0 Å². The van der Waals surface area contributed by atoms with E-state index in [1.807, 2.05) is 53.0 Å². The van der Waals surface area contributed by atoms with Gasteiger partial charge in [-0.2, -0.15) is 5.10 Å². The lowest BCUT2D eigenvalue weighted by atomic mass is 9.81. The highest BCUT2D eigenvalue weighted by atomic mass is 16.5. The number of amides is 2. The minimum atomic E-state index is -0.704. The third kappa shape index (κ3) is 2.82. The second-order valence-electron chi connectivity index (χ2n) is 7.84. The first kappa shape index (κ1) is 18.6. The van der Waals surface area contributed by atoms with Crippen molar-refractivity contribution >= 4 is 17.5 Å². The van der Waals surface area contributed by atoms with Gasteiger partial charge < -0.3 is 14.3 Å². The molecule has 5 rings (SSSR count). The Labute approximate surface area is 174 Å². The van der Waals surface area contributed by atoms with Crippen LogP contribution in [0.25, 0.3) is 0 Å². The lowest BCUT2D eigenvalue weighted by Crippen LogP contribution is -2.44. The summed E-state index contributed by atoms with van der Waals surface area (Å²) in [6, 6.07) is 11.5. The molecule has 2 aromatic heterocycles. The Bertz CT molecular complexity index is 1090. The molecule has 1 unspecified atom stereocenters. The Balaban J connectivity index is 1.41. The van der Waals surface area contributed by atoms with Crippen molar-refractivity contribution in [2.24, 2.45) is 0 Å². The van der Waals surface area contributed by atoms with Crippen molar-refractivity contribution in [3.8, 4) is 0 Å². The van der Waals surface area contributed by atoms with Crippen molar-refractivity contribution in [3.63, 3.8) is 0 Å². The van der Waals surface area contributed by atoms with Gasteiger partial charge in [-0.15, -0.1) is 0 Å². The Morgan fingerprint density at radius 2 is 2.10 bits per heavy atom. The fourth-order valence-corrected chi connectivity index (χ4v) is 4.57. The van der Waals surface area contributed by atoms with Gasteiger partial charge in [0.2, 0.25) is 11.7 Å². The number of para-hydroxylation sites is 1. The van der Waals surface area contributed by atoms with E-state index < -0.39 is 5.41 Å². The zero-order valence-corrected chi connectivity index (χ0v) is 16.8. The van der Waals surface area contributed by atoms with Crippen LogP contribution >= 0.6 is 0 Å². The molecule has 1 spiro atoms. The second kappa shape index (κ2) is 7.12. The number of aryl methyl sites for hydroxylation is 1. The first-order valence-corrected chi connectivity index (χ1v) is 10.3. The van der Waals surface area contributed by atoms with E-state index in [0.717, 1.165) is 16.9 Å². The van der Waals surface area contributed by atoms with Crippen LogP contribution < -0.4 is 4.90 Å². The van der Waals surface area contributed by atoms with Crippen LogP contribution in [0.1, 0.15) is 35.2 Å². The van der Waals surface area contributed by atoms with Gasteiger partial charge in [-0.1, -0.05) is 30.3 Å². The van der Waals surface area contributed by atoms with E-state index in [0.29, 0.717) is 39.0 Å². The standard InChI is InChI=1S/C22H23N5O3/c1-2-16-14-19(30-24-16)20(28)25-11-8-22(15-25)17-6-3-4-7-18(17)27(21(22)29)13-12-26-10-5-9-23-26/h3-7,9-10,14H,2,8,11-13,15H2,1H3. The molecular formula is C22H23N5O3. The monoisotopic (exact) mass is 405 g/mol. The maximum atomic E-state index is 13.6. The van der Waals surface area contributed by atoms with Crippen LogP contribution in [0.4, 0.5) is 5.69 Å². The summed E-state index contributed by atoms with van der Waals surface area (Å²) < 4.78 is 7.05. The van der Waals surface area contributed by atoms with Crippen LogP contribution in [0.15, 0.2) is 53.3 Å². The third-order valence-electron chi connectivity index (χ3n) is 6.17. The van der Waals surface area contributed by atoms with Crippen LogP contribution in [0.2, 0.25) is 0 Å². The number of carbonyl (C=O) groups excluding carboxylic acids is 2. The zero-order valence-electron chi connectivity index (χ0n) is 16.8. The SMILES string of the molecule is CCc1cc(C(=O)N2CCC3(C2)C(=O)N(CCn2cccn2)c2ccccc23)on1. The maximum absolute atomic E-state index is 13.6. The van der Waals surface area contributed by atoms with Crippen molar-refractivity contribution in [2.45, 2.75) is 31.7 Å². The number of aromatic nitrogens is 3. The average Bonchev–Trinajstić information content (AvgIpc) is 3.56. The minimum absolute atomic E-state index is 0.0537. The van der Waals surface area contributed by atoms with Crippen molar-refractivity contribution in [1.82, 2.24) is 19.8 Å². The van der Waals surface area contributed by atoms with Crippen LogP contribution in [-0.4, -0.2) is 51.3 Å². The number of hydrogen-bond acceptors (Lipinski definition) is 5. The number of fused-ring (bicyclic) bond motifs is 2. The van der Waals surface area contributed by atoms with E-state index >= 15 is 0 Å². The molecule has 0 bridgehead atoms. The average molecular weight is 405 g/mol. The number of nitrogens with zero attached hydrogens (tertiary/aromatic N) is 5. The second-order valence-corrected chi connectivity index (χ2v) is 7.84. The maximum Gasteiger partial charge on any atom is 0.292 e. The highest BCUT2D eigenvalue weighted by Gasteiger charge is 2.55. The van der Waals surface area contributed by atoms with Gasteiger partial charge in [0.1, 0.15) is 0 Å². The topological polar surface area (TPSA) is 84.5 Å². The molecule has 2 amide bonds. The predicted octanol–water partition coefficient (Wildman–Crippen LogP) is 2.26. The van der Waals surface area contributed by atoms with Gasteiger partial charge in [0.15, 0.2) is 0 Å². The van der Waals surface area contributed by atoms with Crippen molar-refractivity contribution in [1.29, 1.82) is 0 Å². The molecule has 3 aromatic rings. The first-order chi connectivity index (χ1) is 14.6. The summed E-state index contributed by atoms with van der Waals surface area (Å²) in [5, 5.41) is 8.16. The third-order valence-corrected chi connectivity index (χ3v) is 6.17. The molecule has 1 fully saturated rings. The van der Waals surface area contributed by atoms with E-state index in [9.17, 15) is 9.59 Å². The predicted molar refractivity (Wildman–Crippen MR) is 109 cm³/mol.